The zero-order valence-corrected chi connectivity index (χ0v) is 13.5. The molecule has 0 atom stereocenters. The van der Waals surface area contributed by atoms with E-state index in [1.165, 1.54) is 0 Å². The number of benzene rings is 1. The van der Waals surface area contributed by atoms with Crippen LogP contribution in [0.15, 0.2) is 57.3 Å². The van der Waals surface area contributed by atoms with Gasteiger partial charge in [0.2, 0.25) is 0 Å². The van der Waals surface area contributed by atoms with Gasteiger partial charge in [-0.25, -0.2) is 0 Å². The zero-order valence-electron chi connectivity index (χ0n) is 12.0. The largest absolute Gasteiger partial charge is 0.463 e. The van der Waals surface area contributed by atoms with Crippen LogP contribution in [0.4, 0.5) is 5.69 Å². The maximum atomic E-state index is 5.81. The molecule has 6 heteroatoms. The van der Waals surface area contributed by atoms with Gasteiger partial charge in [-0.1, -0.05) is 12.1 Å². The van der Waals surface area contributed by atoms with E-state index in [9.17, 15) is 0 Å². The lowest BCUT2D eigenvalue weighted by Crippen LogP contribution is -2.27. The highest BCUT2D eigenvalue weighted by Crippen LogP contribution is 2.15. The smallest absolute Gasteiger partial charge is 0.146 e. The van der Waals surface area contributed by atoms with Crippen LogP contribution in [0.3, 0.4) is 0 Å². The molecule has 1 aromatic carbocycles. The van der Waals surface area contributed by atoms with Crippen molar-refractivity contribution in [2.24, 2.45) is 10.2 Å². The van der Waals surface area contributed by atoms with Crippen LogP contribution in [0.1, 0.15) is 11.3 Å². The topological polar surface area (TPSA) is 41.1 Å². The van der Waals surface area contributed by atoms with Gasteiger partial charge < -0.3 is 9.32 Å². The maximum Gasteiger partial charge on any atom is 0.146 e. The molecule has 22 heavy (non-hydrogen) atoms. The minimum atomic E-state index is 0.571. The molecule has 0 saturated carbocycles. The zero-order chi connectivity index (χ0) is 15.6. The summed E-state index contributed by atoms with van der Waals surface area (Å²) in [5, 5.41) is 7.92. The molecule has 2 rings (SSSR count). The summed E-state index contributed by atoms with van der Waals surface area (Å²) in [6, 6.07) is 11.6. The van der Waals surface area contributed by atoms with Crippen molar-refractivity contribution in [2.45, 2.75) is 0 Å². The molecule has 1 heterocycles. The molecule has 2 aromatic rings. The Labute approximate surface area is 140 Å². The van der Waals surface area contributed by atoms with E-state index >= 15 is 0 Å². The standard InChI is InChI=1S/C16H17Cl2N3O/c17-7-9-21(10-8-18)15-5-3-14(4-6-15)12-19-20-13-16-2-1-11-22-16/h1-6,11-13H,7-10H2/b19-12-,20-13+. The van der Waals surface area contributed by atoms with Gasteiger partial charge in [0.1, 0.15) is 5.76 Å². The van der Waals surface area contributed by atoms with E-state index in [1.54, 1.807) is 24.8 Å². The number of alkyl halides is 2. The van der Waals surface area contributed by atoms with Gasteiger partial charge in [0.05, 0.1) is 18.7 Å². The van der Waals surface area contributed by atoms with Crippen molar-refractivity contribution < 1.29 is 4.42 Å². The summed E-state index contributed by atoms with van der Waals surface area (Å²) in [5.41, 5.74) is 2.06. The third-order valence-electron chi connectivity index (χ3n) is 2.97. The minimum absolute atomic E-state index is 0.571. The Kier molecular flexibility index (Phi) is 7.00. The van der Waals surface area contributed by atoms with Gasteiger partial charge in [-0.15, -0.1) is 23.2 Å². The van der Waals surface area contributed by atoms with Crippen molar-refractivity contribution in [1.82, 2.24) is 0 Å². The lowest BCUT2D eigenvalue weighted by molar-refractivity contribution is 0.560. The van der Waals surface area contributed by atoms with E-state index in [-0.39, 0.29) is 0 Å². The molecule has 0 aliphatic heterocycles. The van der Waals surface area contributed by atoms with Gasteiger partial charge in [0, 0.05) is 30.5 Å². The molecule has 0 amide bonds. The molecule has 1 aromatic heterocycles. The Balaban J connectivity index is 1.96. The molecular weight excluding hydrogens is 321 g/mol. The van der Waals surface area contributed by atoms with E-state index < -0.39 is 0 Å². The monoisotopic (exact) mass is 337 g/mol. The van der Waals surface area contributed by atoms with Gasteiger partial charge in [0.25, 0.3) is 0 Å². The van der Waals surface area contributed by atoms with Crippen molar-refractivity contribution in [3.8, 4) is 0 Å². The molecule has 4 nitrogen and oxygen atoms in total. The highest BCUT2D eigenvalue weighted by molar-refractivity contribution is 6.18. The molecule has 0 unspecified atom stereocenters. The average molecular weight is 338 g/mol. The molecule has 116 valence electrons. The van der Waals surface area contributed by atoms with Crippen molar-refractivity contribution in [3.05, 3.63) is 54.0 Å². The number of nitrogens with zero attached hydrogens (tertiary/aromatic N) is 3. The number of anilines is 1. The lowest BCUT2D eigenvalue weighted by atomic mass is 10.2. The number of rotatable bonds is 8. The first kappa shape index (κ1) is 16.6. The van der Waals surface area contributed by atoms with Gasteiger partial charge in [-0.2, -0.15) is 10.2 Å². The average Bonchev–Trinajstić information content (AvgIpc) is 3.05. The van der Waals surface area contributed by atoms with Crippen LogP contribution in [0, 0.1) is 0 Å². The molecular formula is C16H17Cl2N3O. The predicted octanol–water partition coefficient (Wildman–Crippen LogP) is 4.02. The molecule has 0 aliphatic carbocycles. The molecule has 0 fully saturated rings. The number of hydrogen-bond acceptors (Lipinski definition) is 4. The van der Waals surface area contributed by atoms with E-state index in [0.717, 1.165) is 24.3 Å². The van der Waals surface area contributed by atoms with E-state index in [2.05, 4.69) is 15.1 Å². The quantitative estimate of drug-likeness (QED) is 0.414. The van der Waals surface area contributed by atoms with Crippen molar-refractivity contribution >= 4 is 41.3 Å². The number of hydrogen-bond donors (Lipinski definition) is 0. The summed E-state index contributed by atoms with van der Waals surface area (Å²) < 4.78 is 5.12. The normalized spacial score (nSPS) is 11.5. The highest BCUT2D eigenvalue weighted by atomic mass is 35.5. The van der Waals surface area contributed by atoms with Crippen molar-refractivity contribution in [2.75, 3.05) is 29.7 Å². The van der Waals surface area contributed by atoms with Crippen LogP contribution in [-0.4, -0.2) is 37.3 Å². The highest BCUT2D eigenvalue weighted by Gasteiger charge is 2.04. The third kappa shape index (κ3) is 5.20. The lowest BCUT2D eigenvalue weighted by Gasteiger charge is -2.22. The molecule has 0 aliphatic rings. The van der Waals surface area contributed by atoms with E-state index in [4.69, 9.17) is 27.6 Å². The van der Waals surface area contributed by atoms with Gasteiger partial charge in [-0.3, -0.25) is 0 Å². The van der Waals surface area contributed by atoms with Gasteiger partial charge in [0.15, 0.2) is 0 Å². The number of furan rings is 1. The molecule has 0 N–H and O–H groups in total. The third-order valence-corrected chi connectivity index (χ3v) is 3.31. The predicted molar refractivity (Wildman–Crippen MR) is 94.0 cm³/mol. The van der Waals surface area contributed by atoms with Crippen molar-refractivity contribution in [3.63, 3.8) is 0 Å². The van der Waals surface area contributed by atoms with Crippen LogP contribution in [0.2, 0.25) is 0 Å². The summed E-state index contributed by atoms with van der Waals surface area (Å²) in [4.78, 5) is 2.15. The number of halogens is 2. The Morgan fingerprint density at radius 1 is 0.955 bits per heavy atom. The summed E-state index contributed by atoms with van der Waals surface area (Å²) in [7, 11) is 0. The second-order valence-electron chi connectivity index (χ2n) is 4.46. The first-order chi connectivity index (χ1) is 10.8. The van der Waals surface area contributed by atoms with Crippen LogP contribution in [-0.2, 0) is 0 Å². The van der Waals surface area contributed by atoms with Crippen LogP contribution < -0.4 is 4.90 Å². The van der Waals surface area contributed by atoms with Gasteiger partial charge in [-0.05, 0) is 29.8 Å². The van der Waals surface area contributed by atoms with E-state index in [1.807, 2.05) is 30.3 Å². The van der Waals surface area contributed by atoms with Crippen LogP contribution >= 0.6 is 23.2 Å². The SMILES string of the molecule is ClCCN(CCCl)c1ccc(/C=N\N=C\c2ccco2)cc1. The Hall–Kier alpha value is -1.78. The molecule has 0 saturated heterocycles. The molecule has 0 radical (unpaired) electrons. The van der Waals surface area contributed by atoms with Crippen molar-refractivity contribution in [1.29, 1.82) is 0 Å². The summed E-state index contributed by atoms with van der Waals surface area (Å²) in [5.74, 6) is 1.81. The Morgan fingerprint density at radius 2 is 1.64 bits per heavy atom. The Morgan fingerprint density at radius 3 is 2.23 bits per heavy atom. The first-order valence-corrected chi connectivity index (χ1v) is 7.97. The fraction of sp³-hybridized carbons (Fsp3) is 0.250. The minimum Gasteiger partial charge on any atom is -0.463 e. The van der Waals surface area contributed by atoms with Crippen LogP contribution in [0.25, 0.3) is 0 Å². The second kappa shape index (κ2) is 9.28. The summed E-state index contributed by atoms with van der Waals surface area (Å²) in [6.07, 6.45) is 4.85. The van der Waals surface area contributed by atoms with Crippen LogP contribution in [0.5, 0.6) is 0 Å². The summed E-state index contributed by atoms with van der Waals surface area (Å²) in [6.45, 7) is 1.55. The van der Waals surface area contributed by atoms with Gasteiger partial charge >= 0.3 is 0 Å². The second-order valence-corrected chi connectivity index (χ2v) is 5.22. The summed E-state index contributed by atoms with van der Waals surface area (Å²) >= 11 is 11.6. The van der Waals surface area contributed by atoms with E-state index in [0.29, 0.717) is 17.5 Å². The fourth-order valence-corrected chi connectivity index (χ4v) is 2.31. The maximum absolute atomic E-state index is 5.81. The fourth-order valence-electron chi connectivity index (χ4n) is 1.90. The Bertz CT molecular complexity index is 588. The molecule has 0 spiro atoms. The molecule has 0 bridgehead atoms. The first-order valence-electron chi connectivity index (χ1n) is 6.90.